The first-order valence-corrected chi connectivity index (χ1v) is 3.79. The van der Waals surface area contributed by atoms with E-state index in [1.807, 2.05) is 0 Å². The van der Waals surface area contributed by atoms with E-state index in [1.54, 1.807) is 6.07 Å². The molecule has 0 aliphatic carbocycles. The van der Waals surface area contributed by atoms with Gasteiger partial charge < -0.3 is 14.8 Å². The Bertz CT molecular complexity index is 305. The van der Waals surface area contributed by atoms with E-state index < -0.39 is 11.9 Å². The average molecular weight is 167 g/mol. The maximum Gasteiger partial charge on any atom is 0.315 e. The summed E-state index contributed by atoms with van der Waals surface area (Å²) in [6, 6.07) is 1.80. The maximum absolute atomic E-state index is 10.7. The first kappa shape index (κ1) is 7.36. The molecule has 0 aromatic carbocycles. The van der Waals surface area contributed by atoms with Crippen molar-refractivity contribution in [2.75, 3.05) is 6.54 Å². The van der Waals surface area contributed by atoms with Crippen molar-refractivity contribution in [3.8, 4) is 0 Å². The van der Waals surface area contributed by atoms with E-state index >= 15 is 0 Å². The largest absolute Gasteiger partial charge is 0.481 e. The molecule has 2 N–H and O–H groups in total. The molecule has 0 amide bonds. The molecule has 1 unspecified atom stereocenters. The molecule has 1 aliphatic heterocycles. The lowest BCUT2D eigenvalue weighted by molar-refractivity contribution is -0.139. The zero-order valence-electron chi connectivity index (χ0n) is 6.41. The molecule has 64 valence electrons. The molecule has 1 aromatic rings. The lowest BCUT2D eigenvalue weighted by Gasteiger charge is -2.17. The van der Waals surface area contributed by atoms with Gasteiger partial charge in [-0.05, 0) is 6.07 Å². The van der Waals surface area contributed by atoms with Crippen molar-refractivity contribution in [2.45, 2.75) is 12.5 Å². The van der Waals surface area contributed by atoms with E-state index in [9.17, 15) is 4.79 Å². The Labute approximate surface area is 69.2 Å². The van der Waals surface area contributed by atoms with Crippen LogP contribution in [0.25, 0.3) is 0 Å². The van der Waals surface area contributed by atoms with Gasteiger partial charge in [-0.25, -0.2) is 0 Å². The van der Waals surface area contributed by atoms with Crippen LogP contribution in [0.3, 0.4) is 0 Å². The summed E-state index contributed by atoms with van der Waals surface area (Å²) < 4.78 is 5.11. The van der Waals surface area contributed by atoms with Crippen LogP contribution in [0.15, 0.2) is 16.7 Å². The molecular weight excluding hydrogens is 158 g/mol. The molecule has 0 fully saturated rings. The molecule has 0 bridgehead atoms. The van der Waals surface area contributed by atoms with Crippen LogP contribution in [0.2, 0.25) is 0 Å². The highest BCUT2D eigenvalue weighted by Gasteiger charge is 2.28. The van der Waals surface area contributed by atoms with E-state index in [0.29, 0.717) is 18.8 Å². The lowest BCUT2D eigenvalue weighted by Crippen LogP contribution is -2.31. The highest BCUT2D eigenvalue weighted by Crippen LogP contribution is 2.24. The number of furan rings is 1. The van der Waals surface area contributed by atoms with Crippen molar-refractivity contribution in [1.29, 1.82) is 0 Å². The van der Waals surface area contributed by atoms with Crippen LogP contribution in [0.5, 0.6) is 0 Å². The van der Waals surface area contributed by atoms with E-state index in [0.717, 1.165) is 5.56 Å². The summed E-state index contributed by atoms with van der Waals surface area (Å²) in [4.78, 5) is 10.7. The number of aliphatic carboxylic acids is 1. The molecule has 0 spiro atoms. The standard InChI is InChI=1S/C8H9NO3/c10-8(11)6-4-9-3-5-1-2-12-7(5)6/h1-2,6,9H,3-4H2,(H,10,11). The number of hydrogen-bond donors (Lipinski definition) is 2. The predicted molar refractivity (Wildman–Crippen MR) is 40.8 cm³/mol. The van der Waals surface area contributed by atoms with Crippen LogP contribution in [0.1, 0.15) is 17.2 Å². The van der Waals surface area contributed by atoms with Gasteiger partial charge in [0.1, 0.15) is 11.7 Å². The van der Waals surface area contributed by atoms with Crippen molar-refractivity contribution < 1.29 is 14.3 Å². The molecule has 0 saturated heterocycles. The minimum absolute atomic E-state index is 0.454. The molecule has 2 heterocycles. The third kappa shape index (κ3) is 1.00. The highest BCUT2D eigenvalue weighted by molar-refractivity contribution is 5.76. The topological polar surface area (TPSA) is 62.5 Å². The molecule has 12 heavy (non-hydrogen) atoms. The van der Waals surface area contributed by atoms with Gasteiger partial charge >= 0.3 is 5.97 Å². The zero-order valence-corrected chi connectivity index (χ0v) is 6.41. The number of carboxylic acid groups (broad SMARTS) is 1. The van der Waals surface area contributed by atoms with E-state index in [1.165, 1.54) is 6.26 Å². The summed E-state index contributed by atoms with van der Waals surface area (Å²) in [6.45, 7) is 1.16. The molecule has 1 aromatic heterocycles. The van der Waals surface area contributed by atoms with Crippen LogP contribution >= 0.6 is 0 Å². The van der Waals surface area contributed by atoms with Crippen LogP contribution < -0.4 is 5.32 Å². The number of hydrogen-bond acceptors (Lipinski definition) is 3. The van der Waals surface area contributed by atoms with Crippen molar-refractivity contribution in [2.24, 2.45) is 0 Å². The molecular formula is C8H9NO3. The van der Waals surface area contributed by atoms with E-state index in [-0.39, 0.29) is 0 Å². The zero-order chi connectivity index (χ0) is 8.55. The normalized spacial score (nSPS) is 21.8. The van der Waals surface area contributed by atoms with Gasteiger partial charge in [-0.15, -0.1) is 0 Å². The Morgan fingerprint density at radius 3 is 3.33 bits per heavy atom. The van der Waals surface area contributed by atoms with Gasteiger partial charge in [0.25, 0.3) is 0 Å². The number of fused-ring (bicyclic) bond motifs is 1. The second-order valence-corrected chi connectivity index (χ2v) is 2.83. The fourth-order valence-electron chi connectivity index (χ4n) is 1.44. The van der Waals surface area contributed by atoms with Gasteiger partial charge in [0.15, 0.2) is 0 Å². The molecule has 0 radical (unpaired) electrons. The molecule has 2 rings (SSSR count). The van der Waals surface area contributed by atoms with Crippen LogP contribution in [0.4, 0.5) is 0 Å². The summed E-state index contributed by atoms with van der Waals surface area (Å²) in [5.41, 5.74) is 0.952. The Hall–Kier alpha value is -1.29. The molecule has 1 atom stereocenters. The summed E-state index contributed by atoms with van der Waals surface area (Å²) >= 11 is 0. The Kier molecular flexibility index (Phi) is 1.62. The van der Waals surface area contributed by atoms with Crippen molar-refractivity contribution in [3.05, 3.63) is 23.7 Å². The van der Waals surface area contributed by atoms with Crippen LogP contribution in [-0.4, -0.2) is 17.6 Å². The summed E-state index contributed by atoms with van der Waals surface area (Å²) in [5, 5.41) is 11.8. The van der Waals surface area contributed by atoms with Gasteiger partial charge in [0.2, 0.25) is 0 Å². The van der Waals surface area contributed by atoms with Gasteiger partial charge in [0.05, 0.1) is 6.26 Å². The molecule has 0 saturated carbocycles. The van der Waals surface area contributed by atoms with Gasteiger partial charge in [-0.1, -0.05) is 0 Å². The van der Waals surface area contributed by atoms with Gasteiger partial charge in [-0.3, -0.25) is 4.79 Å². The smallest absolute Gasteiger partial charge is 0.315 e. The quantitative estimate of drug-likeness (QED) is 0.641. The van der Waals surface area contributed by atoms with Crippen LogP contribution in [-0.2, 0) is 11.3 Å². The molecule has 4 nitrogen and oxygen atoms in total. The Morgan fingerprint density at radius 2 is 2.58 bits per heavy atom. The average Bonchev–Trinajstić information content (AvgIpc) is 2.49. The monoisotopic (exact) mass is 167 g/mol. The van der Waals surface area contributed by atoms with Crippen molar-refractivity contribution in [3.63, 3.8) is 0 Å². The predicted octanol–water partition coefficient (Wildman–Crippen LogP) is 0.551. The second kappa shape index (κ2) is 2.64. The first-order chi connectivity index (χ1) is 5.79. The van der Waals surface area contributed by atoms with Gasteiger partial charge in [-0.2, -0.15) is 0 Å². The van der Waals surface area contributed by atoms with Crippen LogP contribution in [0, 0.1) is 0 Å². The van der Waals surface area contributed by atoms with Gasteiger partial charge in [0, 0.05) is 18.7 Å². The second-order valence-electron chi connectivity index (χ2n) is 2.83. The third-order valence-corrected chi connectivity index (χ3v) is 2.06. The fraction of sp³-hybridized carbons (Fsp3) is 0.375. The van der Waals surface area contributed by atoms with Crippen molar-refractivity contribution >= 4 is 5.97 Å². The lowest BCUT2D eigenvalue weighted by atomic mass is 9.99. The number of carbonyl (C=O) groups is 1. The maximum atomic E-state index is 10.7. The first-order valence-electron chi connectivity index (χ1n) is 3.79. The fourth-order valence-corrected chi connectivity index (χ4v) is 1.44. The summed E-state index contributed by atoms with van der Waals surface area (Å²) in [7, 11) is 0. The number of rotatable bonds is 1. The summed E-state index contributed by atoms with van der Waals surface area (Å²) in [5.74, 6) is -0.761. The Morgan fingerprint density at radius 1 is 1.75 bits per heavy atom. The Balaban J connectivity index is 2.37. The highest BCUT2D eigenvalue weighted by atomic mass is 16.4. The summed E-state index contributed by atoms with van der Waals surface area (Å²) in [6.07, 6.45) is 1.54. The number of nitrogens with one attached hydrogen (secondary N) is 1. The molecule has 4 heteroatoms. The molecule has 1 aliphatic rings. The minimum Gasteiger partial charge on any atom is -0.481 e. The van der Waals surface area contributed by atoms with Crippen molar-refractivity contribution in [1.82, 2.24) is 5.32 Å². The minimum atomic E-state index is -0.835. The van der Waals surface area contributed by atoms with E-state index in [4.69, 9.17) is 9.52 Å². The third-order valence-electron chi connectivity index (χ3n) is 2.06. The van der Waals surface area contributed by atoms with E-state index in [2.05, 4.69) is 5.32 Å². The SMILES string of the molecule is O=C(O)C1CNCc2ccoc21. The number of carboxylic acids is 1.